The van der Waals surface area contributed by atoms with Crippen LogP contribution in [-0.4, -0.2) is 36.9 Å². The van der Waals surface area contributed by atoms with Gasteiger partial charge in [-0.2, -0.15) is 4.99 Å². The van der Waals surface area contributed by atoms with Crippen molar-refractivity contribution in [3.05, 3.63) is 0 Å². The van der Waals surface area contributed by atoms with Crippen molar-refractivity contribution >= 4 is 29.4 Å². The van der Waals surface area contributed by atoms with Crippen molar-refractivity contribution in [1.82, 2.24) is 0 Å². The number of ether oxygens (including phenoxy) is 2. The fraction of sp³-hybridized carbons (Fsp3) is 0.667. The van der Waals surface area contributed by atoms with Crippen LogP contribution < -0.4 is 0 Å². The van der Waals surface area contributed by atoms with Crippen LogP contribution in [0.3, 0.4) is 0 Å². The Morgan fingerprint density at radius 3 is 2.27 bits per heavy atom. The highest BCUT2D eigenvalue weighted by Gasteiger charge is 2.14. The van der Waals surface area contributed by atoms with E-state index in [1.807, 2.05) is 0 Å². The number of aliphatic imine (C=N–C) groups is 1. The molecule has 0 aromatic carbocycles. The molecule has 6 heteroatoms. The molecule has 0 aromatic heterocycles. The van der Waals surface area contributed by atoms with E-state index in [0.717, 1.165) is 0 Å². The lowest BCUT2D eigenvalue weighted by Crippen LogP contribution is -2.20. The van der Waals surface area contributed by atoms with Crippen molar-refractivity contribution < 1.29 is 19.1 Å². The first-order valence-electron chi connectivity index (χ1n) is 4.63. The highest BCUT2D eigenvalue weighted by molar-refractivity contribution is 6.39. The first-order valence-corrected chi connectivity index (χ1v) is 5.16. The highest BCUT2D eigenvalue weighted by atomic mass is 35.5. The van der Waals surface area contributed by atoms with Crippen molar-refractivity contribution in [3.63, 3.8) is 0 Å². The number of halogens is 1. The molecule has 0 aliphatic rings. The van der Waals surface area contributed by atoms with Gasteiger partial charge in [0.05, 0.1) is 13.2 Å². The Morgan fingerprint density at radius 2 is 1.80 bits per heavy atom. The van der Waals surface area contributed by atoms with Crippen LogP contribution in [-0.2, 0) is 14.3 Å². The Morgan fingerprint density at radius 1 is 1.20 bits per heavy atom. The van der Waals surface area contributed by atoms with Crippen LogP contribution in [0.1, 0.15) is 20.3 Å². The molecule has 0 aliphatic carbocycles. The summed E-state index contributed by atoms with van der Waals surface area (Å²) in [5, 5.41) is 0. The van der Waals surface area contributed by atoms with Gasteiger partial charge in [0, 0.05) is 12.3 Å². The molecule has 15 heavy (non-hydrogen) atoms. The maximum Gasteiger partial charge on any atom is 0.434 e. The van der Waals surface area contributed by atoms with E-state index in [1.54, 1.807) is 13.8 Å². The van der Waals surface area contributed by atoms with E-state index in [-0.39, 0.29) is 31.2 Å². The predicted molar refractivity (Wildman–Crippen MR) is 56.4 cm³/mol. The monoisotopic (exact) mass is 235 g/mol. The van der Waals surface area contributed by atoms with Crippen LogP contribution in [0, 0.1) is 0 Å². The van der Waals surface area contributed by atoms with E-state index in [0.29, 0.717) is 0 Å². The molecule has 86 valence electrons. The SMILES string of the molecule is CCOC(=O)N=C(CCCl)C(=O)OCC. The fourth-order valence-electron chi connectivity index (χ4n) is 0.773. The standard InChI is InChI=1S/C9H14ClNO4/c1-3-14-8(12)7(5-6-10)11-9(13)15-4-2/h3-6H2,1-2H3. The lowest BCUT2D eigenvalue weighted by molar-refractivity contribution is -0.135. The number of rotatable bonds is 5. The molecule has 0 radical (unpaired) electrons. The molecular weight excluding hydrogens is 222 g/mol. The molecule has 0 fully saturated rings. The van der Waals surface area contributed by atoms with Crippen molar-refractivity contribution in [2.24, 2.45) is 4.99 Å². The lowest BCUT2D eigenvalue weighted by Gasteiger charge is -2.03. The molecule has 0 saturated heterocycles. The van der Waals surface area contributed by atoms with E-state index in [2.05, 4.69) is 9.73 Å². The summed E-state index contributed by atoms with van der Waals surface area (Å²) in [7, 11) is 0. The van der Waals surface area contributed by atoms with Gasteiger partial charge < -0.3 is 9.47 Å². The maximum absolute atomic E-state index is 11.3. The summed E-state index contributed by atoms with van der Waals surface area (Å²) in [6, 6.07) is 0. The second-order valence-corrected chi connectivity index (χ2v) is 2.79. The van der Waals surface area contributed by atoms with Gasteiger partial charge in [-0.25, -0.2) is 9.59 Å². The summed E-state index contributed by atoms with van der Waals surface area (Å²) >= 11 is 5.46. The minimum absolute atomic E-state index is 0.00898. The molecule has 0 saturated carbocycles. The zero-order chi connectivity index (χ0) is 11.7. The van der Waals surface area contributed by atoms with Gasteiger partial charge >= 0.3 is 12.1 Å². The Kier molecular flexibility index (Phi) is 7.62. The largest absolute Gasteiger partial charge is 0.462 e. The minimum Gasteiger partial charge on any atom is -0.462 e. The van der Waals surface area contributed by atoms with Crippen LogP contribution in [0.4, 0.5) is 4.79 Å². The number of hydrogen-bond donors (Lipinski definition) is 0. The number of nitrogens with zero attached hydrogens (tertiary/aromatic N) is 1. The van der Waals surface area contributed by atoms with E-state index in [9.17, 15) is 9.59 Å². The molecule has 0 unspecified atom stereocenters. The number of esters is 1. The average molecular weight is 236 g/mol. The molecule has 0 bridgehead atoms. The molecule has 1 amide bonds. The fourth-order valence-corrected chi connectivity index (χ4v) is 0.952. The Labute approximate surface area is 93.4 Å². The van der Waals surface area contributed by atoms with Crippen molar-refractivity contribution in [3.8, 4) is 0 Å². The molecule has 5 nitrogen and oxygen atoms in total. The zero-order valence-corrected chi connectivity index (χ0v) is 9.54. The van der Waals surface area contributed by atoms with E-state index in [1.165, 1.54) is 0 Å². The van der Waals surface area contributed by atoms with Gasteiger partial charge in [0.25, 0.3) is 0 Å². The Hall–Kier alpha value is -1.10. The number of hydrogen-bond acceptors (Lipinski definition) is 4. The first kappa shape index (κ1) is 13.9. The smallest absolute Gasteiger partial charge is 0.434 e. The van der Waals surface area contributed by atoms with Gasteiger partial charge in [0.1, 0.15) is 5.71 Å². The number of alkyl halides is 1. The summed E-state index contributed by atoms with van der Waals surface area (Å²) in [5.74, 6) is -0.442. The third-order valence-corrected chi connectivity index (χ3v) is 1.53. The van der Waals surface area contributed by atoms with Gasteiger partial charge in [0.2, 0.25) is 0 Å². The van der Waals surface area contributed by atoms with Gasteiger partial charge in [-0.3, -0.25) is 0 Å². The Bertz CT molecular complexity index is 252. The first-order chi connectivity index (χ1) is 7.15. The van der Waals surface area contributed by atoms with Gasteiger partial charge in [0.15, 0.2) is 0 Å². The summed E-state index contributed by atoms with van der Waals surface area (Å²) in [6.07, 6.45) is -0.621. The van der Waals surface area contributed by atoms with Gasteiger partial charge in [-0.15, -0.1) is 11.6 Å². The average Bonchev–Trinajstić information content (AvgIpc) is 2.18. The second kappa shape index (κ2) is 8.23. The lowest BCUT2D eigenvalue weighted by atomic mass is 10.3. The number of carbonyl (C=O) groups is 2. The van der Waals surface area contributed by atoms with Crippen LogP contribution in [0.15, 0.2) is 4.99 Å². The third-order valence-electron chi connectivity index (χ3n) is 1.34. The molecule has 0 aromatic rings. The quantitative estimate of drug-likeness (QED) is 0.414. The van der Waals surface area contributed by atoms with Crippen LogP contribution in [0.5, 0.6) is 0 Å². The molecular formula is C9H14ClNO4. The normalized spacial score (nSPS) is 11.0. The van der Waals surface area contributed by atoms with E-state index >= 15 is 0 Å². The molecule has 0 heterocycles. The van der Waals surface area contributed by atoms with Crippen LogP contribution in [0.25, 0.3) is 0 Å². The van der Waals surface area contributed by atoms with E-state index in [4.69, 9.17) is 16.3 Å². The Balaban J connectivity index is 4.48. The predicted octanol–water partition coefficient (Wildman–Crippen LogP) is 1.78. The zero-order valence-electron chi connectivity index (χ0n) is 8.79. The molecule has 0 spiro atoms. The van der Waals surface area contributed by atoms with Gasteiger partial charge in [-0.1, -0.05) is 0 Å². The van der Waals surface area contributed by atoms with Gasteiger partial charge in [-0.05, 0) is 13.8 Å². The van der Waals surface area contributed by atoms with Crippen molar-refractivity contribution in [2.45, 2.75) is 20.3 Å². The molecule has 0 rings (SSSR count). The number of carbonyl (C=O) groups excluding carboxylic acids is 2. The van der Waals surface area contributed by atoms with Crippen molar-refractivity contribution in [2.75, 3.05) is 19.1 Å². The summed E-state index contributed by atoms with van der Waals surface area (Å²) in [6.45, 7) is 3.75. The minimum atomic E-state index is -0.800. The second-order valence-electron chi connectivity index (χ2n) is 2.42. The summed E-state index contributed by atoms with van der Waals surface area (Å²) < 4.78 is 9.27. The topological polar surface area (TPSA) is 65.0 Å². The maximum atomic E-state index is 11.3. The molecule has 0 atom stereocenters. The molecule has 0 aliphatic heterocycles. The van der Waals surface area contributed by atoms with Crippen LogP contribution in [0.2, 0.25) is 0 Å². The van der Waals surface area contributed by atoms with Crippen LogP contribution >= 0.6 is 11.6 Å². The summed E-state index contributed by atoms with van der Waals surface area (Å²) in [4.78, 5) is 25.7. The number of amides is 1. The molecule has 0 N–H and O–H groups in total. The van der Waals surface area contributed by atoms with Crippen molar-refractivity contribution in [1.29, 1.82) is 0 Å². The third kappa shape index (κ3) is 6.06. The van der Waals surface area contributed by atoms with E-state index < -0.39 is 12.1 Å². The summed E-state index contributed by atoms with van der Waals surface area (Å²) in [5.41, 5.74) is -0.00898. The highest BCUT2D eigenvalue weighted by Crippen LogP contribution is 1.97.